The van der Waals surface area contributed by atoms with E-state index in [1.165, 1.54) is 38.5 Å². The van der Waals surface area contributed by atoms with Crippen LogP contribution in [0.15, 0.2) is 17.3 Å². The van der Waals surface area contributed by atoms with Crippen molar-refractivity contribution in [2.75, 3.05) is 0 Å². The zero-order valence-corrected chi connectivity index (χ0v) is 11.1. The maximum absolute atomic E-state index is 5.93. The monoisotopic (exact) mass is 249 g/mol. The molecular weight excluding hydrogens is 226 g/mol. The molecule has 18 heavy (non-hydrogen) atoms. The third-order valence-electron chi connectivity index (χ3n) is 3.54. The largest absolute Gasteiger partial charge is 0.370 e. The summed E-state index contributed by atoms with van der Waals surface area (Å²) in [7, 11) is 1.92. The third-order valence-corrected chi connectivity index (χ3v) is 3.54. The van der Waals surface area contributed by atoms with Crippen molar-refractivity contribution < 1.29 is 0 Å². The maximum atomic E-state index is 5.93. The highest BCUT2D eigenvalue weighted by Gasteiger charge is 2.12. The van der Waals surface area contributed by atoms with E-state index in [1.54, 1.807) is 6.20 Å². The number of hydrogen-bond donors (Lipinski definition) is 2. The molecule has 0 bridgehead atoms. The molecule has 100 valence electrons. The van der Waals surface area contributed by atoms with Crippen LogP contribution in [-0.4, -0.2) is 21.8 Å². The molecule has 0 aliphatic heterocycles. The van der Waals surface area contributed by atoms with Crippen molar-refractivity contribution in [3.8, 4) is 0 Å². The number of nitrogens with two attached hydrogens (primary N) is 1. The van der Waals surface area contributed by atoms with E-state index in [1.807, 2.05) is 17.8 Å². The maximum Gasteiger partial charge on any atom is 0.189 e. The molecule has 5 nitrogen and oxygen atoms in total. The van der Waals surface area contributed by atoms with Crippen molar-refractivity contribution in [1.29, 1.82) is 0 Å². The lowest BCUT2D eigenvalue weighted by Crippen LogP contribution is -2.39. The summed E-state index contributed by atoms with van der Waals surface area (Å²) in [5.74, 6) is 0.558. The van der Waals surface area contributed by atoms with E-state index in [2.05, 4.69) is 15.4 Å². The first-order chi connectivity index (χ1) is 8.75. The molecular formula is C13H23N5. The van der Waals surface area contributed by atoms with Crippen LogP contribution in [0.5, 0.6) is 0 Å². The number of aliphatic imine (C=N–C) groups is 1. The fraction of sp³-hybridized carbons (Fsp3) is 0.692. The summed E-state index contributed by atoms with van der Waals surface area (Å²) in [6.45, 7) is 0.585. The summed E-state index contributed by atoms with van der Waals surface area (Å²) in [6.07, 6.45) is 9.50. The number of guanidine groups is 1. The second kappa shape index (κ2) is 6.42. The molecule has 2 rings (SSSR count). The van der Waals surface area contributed by atoms with E-state index in [0.717, 1.165) is 5.69 Å². The third kappa shape index (κ3) is 3.75. The summed E-state index contributed by atoms with van der Waals surface area (Å²) in [5.41, 5.74) is 7.00. The molecule has 1 aromatic rings. The van der Waals surface area contributed by atoms with Gasteiger partial charge in [-0.3, -0.25) is 4.68 Å². The number of aryl methyl sites for hydroxylation is 1. The van der Waals surface area contributed by atoms with E-state index in [9.17, 15) is 0 Å². The van der Waals surface area contributed by atoms with Gasteiger partial charge in [-0.1, -0.05) is 25.7 Å². The van der Waals surface area contributed by atoms with Gasteiger partial charge in [-0.05, 0) is 18.9 Å². The normalized spacial score (nSPS) is 18.6. The van der Waals surface area contributed by atoms with Gasteiger partial charge in [0.05, 0.1) is 12.2 Å². The van der Waals surface area contributed by atoms with Crippen molar-refractivity contribution in [2.24, 2.45) is 17.8 Å². The Balaban J connectivity index is 1.83. The molecule has 5 heteroatoms. The molecule has 1 aromatic heterocycles. The van der Waals surface area contributed by atoms with Crippen LogP contribution in [0.3, 0.4) is 0 Å². The average molecular weight is 249 g/mol. The minimum atomic E-state index is 0.503. The Hall–Kier alpha value is -1.52. The minimum Gasteiger partial charge on any atom is -0.370 e. The highest BCUT2D eigenvalue weighted by Crippen LogP contribution is 2.16. The molecule has 0 saturated heterocycles. The number of hydrogen-bond acceptors (Lipinski definition) is 2. The van der Waals surface area contributed by atoms with Gasteiger partial charge in [-0.2, -0.15) is 5.10 Å². The molecule has 0 unspecified atom stereocenters. The van der Waals surface area contributed by atoms with Gasteiger partial charge in [0.15, 0.2) is 5.96 Å². The van der Waals surface area contributed by atoms with E-state index < -0.39 is 0 Å². The lowest BCUT2D eigenvalue weighted by molar-refractivity contribution is 0.530. The van der Waals surface area contributed by atoms with Crippen LogP contribution in [0.1, 0.15) is 44.2 Å². The quantitative estimate of drug-likeness (QED) is 0.485. The van der Waals surface area contributed by atoms with Gasteiger partial charge in [0, 0.05) is 19.3 Å². The lowest BCUT2D eigenvalue weighted by atomic mass is 10.1. The van der Waals surface area contributed by atoms with Gasteiger partial charge in [0.25, 0.3) is 0 Å². The number of rotatable bonds is 3. The molecule has 1 heterocycles. The zero-order chi connectivity index (χ0) is 12.8. The standard InChI is InChI=1S/C13H23N5/c1-18-12(8-9-16-18)10-15-13(14)17-11-6-4-2-3-5-7-11/h8-9,11H,2-7,10H2,1H3,(H3,14,15,17). The van der Waals surface area contributed by atoms with Crippen LogP contribution in [0.25, 0.3) is 0 Å². The molecule has 1 aliphatic carbocycles. The second-order valence-corrected chi connectivity index (χ2v) is 4.98. The first kappa shape index (κ1) is 12.9. The van der Waals surface area contributed by atoms with E-state index >= 15 is 0 Å². The fourth-order valence-electron chi connectivity index (χ4n) is 2.40. The van der Waals surface area contributed by atoms with Crippen LogP contribution in [-0.2, 0) is 13.6 Å². The smallest absolute Gasteiger partial charge is 0.189 e. The van der Waals surface area contributed by atoms with Crippen molar-refractivity contribution in [1.82, 2.24) is 15.1 Å². The molecule has 0 spiro atoms. The van der Waals surface area contributed by atoms with Gasteiger partial charge in [-0.25, -0.2) is 4.99 Å². The van der Waals surface area contributed by atoms with Gasteiger partial charge in [0.1, 0.15) is 0 Å². The molecule has 1 fully saturated rings. The van der Waals surface area contributed by atoms with Crippen LogP contribution in [0, 0.1) is 0 Å². The molecule has 0 amide bonds. The molecule has 0 atom stereocenters. The number of nitrogens with zero attached hydrogens (tertiary/aromatic N) is 3. The van der Waals surface area contributed by atoms with Crippen LogP contribution in [0.2, 0.25) is 0 Å². The highest BCUT2D eigenvalue weighted by molar-refractivity contribution is 5.78. The molecule has 3 N–H and O–H groups in total. The Kier molecular flexibility index (Phi) is 4.61. The molecule has 0 aromatic carbocycles. The van der Waals surface area contributed by atoms with Gasteiger partial charge in [-0.15, -0.1) is 0 Å². The lowest BCUT2D eigenvalue weighted by Gasteiger charge is -2.16. The summed E-state index contributed by atoms with van der Waals surface area (Å²) in [4.78, 5) is 4.37. The van der Waals surface area contributed by atoms with Crippen molar-refractivity contribution >= 4 is 5.96 Å². The first-order valence-electron chi connectivity index (χ1n) is 6.79. The second-order valence-electron chi connectivity index (χ2n) is 4.98. The topological polar surface area (TPSA) is 68.2 Å². The van der Waals surface area contributed by atoms with Crippen LogP contribution in [0.4, 0.5) is 0 Å². The van der Waals surface area contributed by atoms with E-state index in [0.29, 0.717) is 18.5 Å². The first-order valence-corrected chi connectivity index (χ1v) is 6.79. The summed E-state index contributed by atoms with van der Waals surface area (Å²) in [5, 5.41) is 7.45. The SMILES string of the molecule is Cn1nccc1CN=C(N)NC1CCCCCC1. The average Bonchev–Trinajstić information content (AvgIpc) is 2.61. The van der Waals surface area contributed by atoms with E-state index in [-0.39, 0.29) is 0 Å². The Morgan fingerprint density at radius 3 is 2.78 bits per heavy atom. The van der Waals surface area contributed by atoms with Crippen molar-refractivity contribution in [2.45, 2.75) is 51.1 Å². The molecule has 1 aliphatic rings. The predicted octanol–water partition coefficient (Wildman–Crippen LogP) is 1.55. The van der Waals surface area contributed by atoms with Crippen LogP contribution < -0.4 is 11.1 Å². The van der Waals surface area contributed by atoms with Gasteiger partial charge < -0.3 is 11.1 Å². The minimum absolute atomic E-state index is 0.503. The molecule has 0 radical (unpaired) electrons. The Labute approximate surface area is 108 Å². The number of aromatic nitrogens is 2. The Morgan fingerprint density at radius 2 is 2.17 bits per heavy atom. The van der Waals surface area contributed by atoms with Gasteiger partial charge >= 0.3 is 0 Å². The summed E-state index contributed by atoms with van der Waals surface area (Å²) >= 11 is 0. The van der Waals surface area contributed by atoms with Gasteiger partial charge in [0.2, 0.25) is 0 Å². The van der Waals surface area contributed by atoms with E-state index in [4.69, 9.17) is 5.73 Å². The summed E-state index contributed by atoms with van der Waals surface area (Å²) in [6, 6.07) is 2.46. The Bertz CT molecular complexity index is 388. The Morgan fingerprint density at radius 1 is 1.44 bits per heavy atom. The fourth-order valence-corrected chi connectivity index (χ4v) is 2.40. The van der Waals surface area contributed by atoms with Crippen molar-refractivity contribution in [3.63, 3.8) is 0 Å². The number of nitrogens with one attached hydrogen (secondary N) is 1. The van der Waals surface area contributed by atoms with Crippen molar-refractivity contribution in [3.05, 3.63) is 18.0 Å². The van der Waals surface area contributed by atoms with Crippen LogP contribution >= 0.6 is 0 Å². The summed E-state index contributed by atoms with van der Waals surface area (Å²) < 4.78 is 1.82. The predicted molar refractivity (Wildman–Crippen MR) is 73.2 cm³/mol. The zero-order valence-electron chi connectivity index (χ0n) is 11.1. The molecule has 1 saturated carbocycles. The highest BCUT2D eigenvalue weighted by atomic mass is 15.3.